The maximum Gasteiger partial charge on any atom is 0.490 e. The van der Waals surface area contributed by atoms with Crippen LogP contribution in [-0.4, -0.2) is 76.5 Å². The summed E-state index contributed by atoms with van der Waals surface area (Å²) in [5.41, 5.74) is 3.66. The van der Waals surface area contributed by atoms with Crippen molar-refractivity contribution in [3.8, 4) is 16.9 Å². The van der Waals surface area contributed by atoms with Crippen LogP contribution in [0, 0.1) is 18.6 Å². The molecule has 0 aliphatic heterocycles. The van der Waals surface area contributed by atoms with Crippen LogP contribution in [0.15, 0.2) is 48.7 Å². The number of pyridine rings is 1. The van der Waals surface area contributed by atoms with Crippen molar-refractivity contribution in [1.29, 1.82) is 0 Å². The van der Waals surface area contributed by atoms with E-state index in [2.05, 4.69) is 10.3 Å². The van der Waals surface area contributed by atoms with Crippen LogP contribution in [0.5, 0.6) is 5.75 Å². The average molecular weight is 798 g/mol. The molecule has 1 amide bonds. The lowest BCUT2D eigenvalue weighted by Gasteiger charge is -2.37. The molecule has 1 saturated carbocycles. The third-order valence-corrected chi connectivity index (χ3v) is 9.71. The number of alkyl halides is 6. The van der Waals surface area contributed by atoms with E-state index < -0.39 is 35.9 Å². The molecule has 0 radical (unpaired) electrons. The van der Waals surface area contributed by atoms with E-state index in [1.54, 1.807) is 12.0 Å². The molecule has 1 aliphatic rings. The Balaban J connectivity index is 0.000000458. The molecule has 1 fully saturated rings. The molecule has 4 aromatic rings. The molecule has 0 atom stereocenters. The smallest absolute Gasteiger partial charge is 0.490 e. The molecule has 9 nitrogen and oxygen atoms in total. The maximum atomic E-state index is 14.6. The number of hydrogen-bond donors (Lipinski definition) is 3. The SMILES string of the molecule is CNC1CCC(N(Cc2cc(-c3ccc(C)nc3)ccc2OC)C(=O)c2sc3c(F)ccc(F)c3c2Cl)CC1.O=C(O)C(F)(F)F.O=C(O)C(F)(F)F. The van der Waals surface area contributed by atoms with Gasteiger partial charge in [-0.1, -0.05) is 23.7 Å². The van der Waals surface area contributed by atoms with Gasteiger partial charge in [-0.15, -0.1) is 11.3 Å². The van der Waals surface area contributed by atoms with Crippen LogP contribution < -0.4 is 10.1 Å². The number of aromatic nitrogens is 1. The van der Waals surface area contributed by atoms with Gasteiger partial charge in [-0.05, 0) is 75.5 Å². The quantitative estimate of drug-likeness (QED) is 0.159. The van der Waals surface area contributed by atoms with E-state index in [0.717, 1.165) is 71.5 Å². The van der Waals surface area contributed by atoms with Crippen LogP contribution in [0.1, 0.15) is 46.6 Å². The molecule has 0 bridgehead atoms. The standard InChI is InChI=1S/C30H30ClF2N3O2S.2C2HF3O2/c1-17-4-5-19(15-35-17)18-6-13-25(38-3)20(14-18)16-36(22-9-7-21(34-2)8-10-22)30(37)29-27(31)26-23(32)11-12-24(33)28(26)39-29;2*3-2(4,5)1(6)7/h4-6,11-15,21-22,34H,7-10,16H2,1-3H3;2*(H,6,7). The zero-order chi connectivity index (χ0) is 39.8. The fraction of sp³-hybridized carbons (Fsp3) is 0.353. The molecular weight excluding hydrogens is 766 g/mol. The monoisotopic (exact) mass is 797 g/mol. The number of hydrogen-bond acceptors (Lipinski definition) is 7. The van der Waals surface area contributed by atoms with E-state index in [4.69, 9.17) is 36.1 Å². The van der Waals surface area contributed by atoms with E-state index in [0.29, 0.717) is 11.8 Å². The highest BCUT2D eigenvalue weighted by Crippen LogP contribution is 2.40. The summed E-state index contributed by atoms with van der Waals surface area (Å²) in [4.78, 5) is 38.3. The number of carboxylic acid groups (broad SMARTS) is 2. The number of aryl methyl sites for hydroxylation is 1. The molecule has 0 spiro atoms. The van der Waals surface area contributed by atoms with Gasteiger partial charge in [0, 0.05) is 41.6 Å². The van der Waals surface area contributed by atoms with Gasteiger partial charge in [0.2, 0.25) is 0 Å². The first-order valence-corrected chi connectivity index (χ1v) is 16.6. The van der Waals surface area contributed by atoms with Crippen molar-refractivity contribution in [1.82, 2.24) is 15.2 Å². The number of rotatable bonds is 7. The average Bonchev–Trinajstić information content (AvgIpc) is 3.46. The molecular formula is C34H32ClF8N3O6S. The van der Waals surface area contributed by atoms with Crippen LogP contribution >= 0.6 is 22.9 Å². The fourth-order valence-electron chi connectivity index (χ4n) is 5.31. The summed E-state index contributed by atoms with van der Waals surface area (Å²) < 4.78 is 98.4. The summed E-state index contributed by atoms with van der Waals surface area (Å²) in [7, 11) is 3.55. The number of carbonyl (C=O) groups is 3. The molecule has 0 unspecified atom stereocenters. The predicted octanol–water partition coefficient (Wildman–Crippen LogP) is 8.65. The number of halogens is 9. The largest absolute Gasteiger partial charge is 0.496 e. The van der Waals surface area contributed by atoms with Crippen LogP contribution in [0.4, 0.5) is 35.1 Å². The van der Waals surface area contributed by atoms with Crippen LogP contribution in [0.3, 0.4) is 0 Å². The molecule has 2 aromatic carbocycles. The Bertz CT molecular complexity index is 1890. The van der Waals surface area contributed by atoms with Crippen molar-refractivity contribution in [3.05, 3.63) is 81.5 Å². The van der Waals surface area contributed by atoms with Gasteiger partial charge in [0.05, 0.1) is 22.2 Å². The topological polar surface area (TPSA) is 129 Å². The fourth-order valence-corrected chi connectivity index (χ4v) is 6.82. The third kappa shape index (κ3) is 11.2. The minimum Gasteiger partial charge on any atom is -0.496 e. The molecule has 3 N–H and O–H groups in total. The molecule has 2 aromatic heterocycles. The molecule has 0 saturated heterocycles. The van der Waals surface area contributed by atoms with E-state index in [9.17, 15) is 39.9 Å². The Labute approximate surface area is 306 Å². The number of fused-ring (bicyclic) bond motifs is 1. The number of amides is 1. The van der Waals surface area contributed by atoms with Gasteiger partial charge in [-0.3, -0.25) is 9.78 Å². The second-order valence-electron chi connectivity index (χ2n) is 11.5. The minimum atomic E-state index is -5.08. The van der Waals surface area contributed by atoms with Gasteiger partial charge in [-0.25, -0.2) is 18.4 Å². The Kier molecular flexibility index (Phi) is 14.5. The molecule has 53 heavy (non-hydrogen) atoms. The van der Waals surface area contributed by atoms with Crippen LogP contribution in [0.25, 0.3) is 21.2 Å². The lowest BCUT2D eigenvalue weighted by Crippen LogP contribution is -2.44. The van der Waals surface area contributed by atoms with Crippen molar-refractivity contribution in [3.63, 3.8) is 0 Å². The van der Waals surface area contributed by atoms with Crippen LogP contribution in [-0.2, 0) is 16.1 Å². The van der Waals surface area contributed by atoms with E-state index in [1.165, 1.54) is 0 Å². The van der Waals surface area contributed by atoms with E-state index in [1.807, 2.05) is 50.5 Å². The number of thiophene rings is 1. The second kappa shape index (κ2) is 18.0. The van der Waals surface area contributed by atoms with Gasteiger partial charge < -0.3 is 25.2 Å². The summed E-state index contributed by atoms with van der Waals surface area (Å²) in [6.45, 7) is 2.20. The molecule has 288 valence electrons. The van der Waals surface area contributed by atoms with E-state index >= 15 is 0 Å². The Hall–Kier alpha value is -4.55. The van der Waals surface area contributed by atoms with Crippen molar-refractivity contribution in [2.24, 2.45) is 0 Å². The molecule has 1 aliphatic carbocycles. The van der Waals surface area contributed by atoms with E-state index in [-0.39, 0.29) is 38.5 Å². The van der Waals surface area contributed by atoms with Crippen molar-refractivity contribution >= 4 is 50.9 Å². The molecule has 2 heterocycles. The lowest BCUT2D eigenvalue weighted by atomic mass is 9.89. The number of carboxylic acids is 2. The molecule has 5 rings (SSSR count). The zero-order valence-corrected chi connectivity index (χ0v) is 29.6. The number of nitrogens with zero attached hydrogens (tertiary/aromatic N) is 2. The van der Waals surface area contributed by atoms with Gasteiger partial charge in [0.25, 0.3) is 5.91 Å². The number of ether oxygens (including phenoxy) is 1. The summed E-state index contributed by atoms with van der Waals surface area (Å²) in [6, 6.07) is 12.3. The maximum absolute atomic E-state index is 14.6. The minimum absolute atomic E-state index is 0.0441. The Morgan fingerprint density at radius 1 is 0.925 bits per heavy atom. The number of aliphatic carboxylic acids is 2. The van der Waals surface area contributed by atoms with Gasteiger partial charge in [-0.2, -0.15) is 26.3 Å². The first kappa shape index (κ1) is 42.9. The van der Waals surface area contributed by atoms with Crippen molar-refractivity contribution < 1.29 is 64.5 Å². The zero-order valence-electron chi connectivity index (χ0n) is 28.0. The van der Waals surface area contributed by atoms with Gasteiger partial charge in [0.15, 0.2) is 0 Å². The first-order valence-electron chi connectivity index (χ1n) is 15.4. The highest BCUT2D eigenvalue weighted by atomic mass is 35.5. The summed E-state index contributed by atoms with van der Waals surface area (Å²) in [5, 5.41) is 17.5. The summed E-state index contributed by atoms with van der Waals surface area (Å²) in [6.07, 6.45) is -4.91. The Morgan fingerprint density at radius 2 is 1.47 bits per heavy atom. The van der Waals surface area contributed by atoms with Crippen molar-refractivity contribution in [2.75, 3.05) is 14.2 Å². The summed E-state index contributed by atoms with van der Waals surface area (Å²) >= 11 is 7.45. The normalized spacial score (nSPS) is 15.8. The number of nitrogens with one attached hydrogen (secondary N) is 1. The van der Waals surface area contributed by atoms with Gasteiger partial charge in [0.1, 0.15) is 22.3 Å². The number of methoxy groups -OCH3 is 1. The van der Waals surface area contributed by atoms with Crippen molar-refractivity contribution in [2.45, 2.75) is 63.6 Å². The number of benzene rings is 2. The van der Waals surface area contributed by atoms with Gasteiger partial charge >= 0.3 is 24.3 Å². The first-order chi connectivity index (χ1) is 24.7. The third-order valence-electron chi connectivity index (χ3n) is 8.03. The highest BCUT2D eigenvalue weighted by molar-refractivity contribution is 7.21. The molecule has 19 heteroatoms. The summed E-state index contributed by atoms with van der Waals surface area (Å²) in [5.74, 6) is -6.44. The highest BCUT2D eigenvalue weighted by Gasteiger charge is 2.39. The predicted molar refractivity (Wildman–Crippen MR) is 180 cm³/mol. The Morgan fingerprint density at radius 3 is 1.94 bits per heavy atom. The van der Waals surface area contributed by atoms with Crippen LogP contribution in [0.2, 0.25) is 5.02 Å². The number of carbonyl (C=O) groups excluding carboxylic acids is 1. The lowest BCUT2D eigenvalue weighted by molar-refractivity contribution is -0.193. The second-order valence-corrected chi connectivity index (χ2v) is 12.9.